The van der Waals surface area contributed by atoms with Gasteiger partial charge in [-0.3, -0.25) is 0 Å². The van der Waals surface area contributed by atoms with E-state index in [0.29, 0.717) is 0 Å². The predicted octanol–water partition coefficient (Wildman–Crippen LogP) is 2.43. The molecule has 1 aromatic carbocycles. The van der Waals surface area contributed by atoms with E-state index in [0.717, 1.165) is 6.42 Å². The van der Waals surface area contributed by atoms with Crippen molar-refractivity contribution in [3.05, 3.63) is 29.8 Å². The minimum Gasteiger partial charge on any atom is -0.380 e. The quantitative estimate of drug-likeness (QED) is 0.594. The van der Waals surface area contributed by atoms with Gasteiger partial charge in [0, 0.05) is 11.2 Å². The lowest BCUT2D eigenvalue weighted by molar-refractivity contribution is 0.594. The van der Waals surface area contributed by atoms with Gasteiger partial charge in [-0.2, -0.15) is 0 Å². The molecular weight excluding hydrogens is 134 g/mol. The lowest BCUT2D eigenvalue weighted by Crippen LogP contribution is -2.26. The SMILES string of the molecule is CC1(C)Cc2ccccc2N1. The summed E-state index contributed by atoms with van der Waals surface area (Å²) in [5.41, 5.74) is 3.00. The van der Waals surface area contributed by atoms with Crippen LogP contribution in [0.15, 0.2) is 24.3 Å². The molecule has 0 saturated carbocycles. The van der Waals surface area contributed by atoms with E-state index in [-0.39, 0.29) is 5.54 Å². The Morgan fingerprint density at radius 3 is 2.73 bits per heavy atom. The fraction of sp³-hybridized carbons (Fsp3) is 0.400. The Labute approximate surface area is 67.4 Å². The molecule has 1 heterocycles. The van der Waals surface area contributed by atoms with Gasteiger partial charge in [0.1, 0.15) is 0 Å². The van der Waals surface area contributed by atoms with Gasteiger partial charge < -0.3 is 5.32 Å². The fourth-order valence-electron chi connectivity index (χ4n) is 1.68. The van der Waals surface area contributed by atoms with E-state index < -0.39 is 0 Å². The molecule has 0 unspecified atom stereocenters. The van der Waals surface area contributed by atoms with E-state index in [1.807, 2.05) is 0 Å². The molecular formula is C10H13N. The van der Waals surface area contributed by atoms with Crippen molar-refractivity contribution < 1.29 is 0 Å². The average molecular weight is 147 g/mol. The van der Waals surface area contributed by atoms with Gasteiger partial charge in [-0.15, -0.1) is 0 Å². The van der Waals surface area contributed by atoms with E-state index in [2.05, 4.69) is 43.4 Å². The lowest BCUT2D eigenvalue weighted by atomic mass is 10.0. The van der Waals surface area contributed by atoms with Crippen molar-refractivity contribution in [1.29, 1.82) is 0 Å². The Morgan fingerprint density at radius 1 is 1.27 bits per heavy atom. The van der Waals surface area contributed by atoms with E-state index in [4.69, 9.17) is 0 Å². The molecule has 11 heavy (non-hydrogen) atoms. The van der Waals surface area contributed by atoms with Crippen LogP contribution in [0.4, 0.5) is 5.69 Å². The molecule has 0 atom stereocenters. The summed E-state index contributed by atoms with van der Waals surface area (Å²) in [6.45, 7) is 4.46. The van der Waals surface area contributed by atoms with Crippen molar-refractivity contribution in [1.82, 2.24) is 0 Å². The largest absolute Gasteiger partial charge is 0.380 e. The predicted molar refractivity (Wildman–Crippen MR) is 47.8 cm³/mol. The Balaban J connectivity index is 2.41. The first-order valence-corrected chi connectivity index (χ1v) is 4.03. The number of para-hydroxylation sites is 1. The number of rotatable bonds is 0. The zero-order valence-corrected chi connectivity index (χ0v) is 7.02. The van der Waals surface area contributed by atoms with Gasteiger partial charge in [0.05, 0.1) is 0 Å². The number of fused-ring (bicyclic) bond motifs is 1. The van der Waals surface area contributed by atoms with Crippen molar-refractivity contribution in [2.45, 2.75) is 25.8 Å². The third kappa shape index (κ3) is 1.11. The molecule has 0 fully saturated rings. The summed E-state index contributed by atoms with van der Waals surface area (Å²) in [7, 11) is 0. The minimum absolute atomic E-state index is 0.254. The second kappa shape index (κ2) is 2.00. The summed E-state index contributed by atoms with van der Waals surface area (Å²) in [5, 5.41) is 3.47. The monoisotopic (exact) mass is 147 g/mol. The Morgan fingerprint density at radius 2 is 2.00 bits per heavy atom. The molecule has 0 aromatic heterocycles. The third-order valence-corrected chi connectivity index (χ3v) is 2.12. The van der Waals surface area contributed by atoms with Crippen molar-refractivity contribution in [2.24, 2.45) is 0 Å². The van der Waals surface area contributed by atoms with Gasteiger partial charge in [0.25, 0.3) is 0 Å². The van der Waals surface area contributed by atoms with Gasteiger partial charge in [0.2, 0.25) is 0 Å². The highest BCUT2D eigenvalue weighted by atomic mass is 15.0. The van der Waals surface area contributed by atoms with Crippen LogP contribution in [0.1, 0.15) is 19.4 Å². The van der Waals surface area contributed by atoms with E-state index >= 15 is 0 Å². The maximum atomic E-state index is 3.47. The molecule has 1 N–H and O–H groups in total. The maximum Gasteiger partial charge on any atom is 0.0377 e. The molecule has 0 saturated heterocycles. The van der Waals surface area contributed by atoms with E-state index in [1.165, 1.54) is 11.3 Å². The van der Waals surface area contributed by atoms with Gasteiger partial charge >= 0.3 is 0 Å². The molecule has 1 heteroatoms. The topological polar surface area (TPSA) is 12.0 Å². The van der Waals surface area contributed by atoms with E-state index in [9.17, 15) is 0 Å². The second-order valence-electron chi connectivity index (χ2n) is 3.84. The first-order chi connectivity index (χ1) is 5.17. The molecule has 0 spiro atoms. The first kappa shape index (κ1) is 6.71. The summed E-state index contributed by atoms with van der Waals surface area (Å²) >= 11 is 0. The Bertz CT molecular complexity index is 249. The van der Waals surface area contributed by atoms with Crippen LogP contribution in [0.5, 0.6) is 0 Å². The smallest absolute Gasteiger partial charge is 0.0377 e. The van der Waals surface area contributed by atoms with Crippen LogP contribution in [0.2, 0.25) is 0 Å². The molecule has 58 valence electrons. The van der Waals surface area contributed by atoms with Crippen molar-refractivity contribution in [3.8, 4) is 0 Å². The van der Waals surface area contributed by atoms with Crippen molar-refractivity contribution >= 4 is 5.69 Å². The van der Waals surface area contributed by atoms with Gasteiger partial charge in [-0.1, -0.05) is 18.2 Å². The maximum absolute atomic E-state index is 3.47. The van der Waals surface area contributed by atoms with Crippen molar-refractivity contribution in [3.63, 3.8) is 0 Å². The summed E-state index contributed by atoms with van der Waals surface area (Å²) in [6.07, 6.45) is 1.14. The van der Waals surface area contributed by atoms with E-state index in [1.54, 1.807) is 0 Å². The number of hydrogen-bond donors (Lipinski definition) is 1. The Kier molecular flexibility index (Phi) is 1.22. The highest BCUT2D eigenvalue weighted by Crippen LogP contribution is 2.31. The summed E-state index contributed by atoms with van der Waals surface area (Å²) in [5.74, 6) is 0. The highest BCUT2D eigenvalue weighted by molar-refractivity contribution is 5.58. The van der Waals surface area contributed by atoms with Gasteiger partial charge in [-0.05, 0) is 31.9 Å². The normalized spacial score (nSPS) is 19.1. The van der Waals surface area contributed by atoms with Crippen LogP contribution in [-0.4, -0.2) is 5.54 Å². The molecule has 1 aliphatic rings. The van der Waals surface area contributed by atoms with Crippen LogP contribution < -0.4 is 5.32 Å². The van der Waals surface area contributed by atoms with Gasteiger partial charge in [-0.25, -0.2) is 0 Å². The molecule has 0 amide bonds. The molecule has 0 bridgehead atoms. The standard InChI is InChI=1S/C10H13N/c1-10(2)7-8-5-3-4-6-9(8)11-10/h3-6,11H,7H2,1-2H3. The van der Waals surface area contributed by atoms with Crippen LogP contribution in [0.3, 0.4) is 0 Å². The summed E-state index contributed by atoms with van der Waals surface area (Å²) in [4.78, 5) is 0. The average Bonchev–Trinajstić information content (AvgIpc) is 2.21. The van der Waals surface area contributed by atoms with Crippen LogP contribution in [0, 0.1) is 0 Å². The van der Waals surface area contributed by atoms with Crippen LogP contribution in [-0.2, 0) is 6.42 Å². The number of anilines is 1. The zero-order valence-electron chi connectivity index (χ0n) is 7.02. The summed E-state index contributed by atoms with van der Waals surface area (Å²) < 4.78 is 0. The molecule has 1 nitrogen and oxygen atoms in total. The molecule has 2 rings (SSSR count). The number of benzene rings is 1. The number of hydrogen-bond acceptors (Lipinski definition) is 1. The number of nitrogens with one attached hydrogen (secondary N) is 1. The highest BCUT2D eigenvalue weighted by Gasteiger charge is 2.26. The second-order valence-corrected chi connectivity index (χ2v) is 3.84. The third-order valence-electron chi connectivity index (χ3n) is 2.12. The van der Waals surface area contributed by atoms with Gasteiger partial charge in [0.15, 0.2) is 0 Å². The molecule has 1 aliphatic heterocycles. The zero-order chi connectivity index (χ0) is 7.90. The van der Waals surface area contributed by atoms with Crippen LogP contribution >= 0.6 is 0 Å². The molecule has 1 aromatic rings. The first-order valence-electron chi connectivity index (χ1n) is 4.03. The molecule has 0 aliphatic carbocycles. The lowest BCUT2D eigenvalue weighted by Gasteiger charge is -2.17. The minimum atomic E-state index is 0.254. The Hall–Kier alpha value is -0.980. The summed E-state index contributed by atoms with van der Waals surface area (Å²) in [6, 6.07) is 8.51. The van der Waals surface area contributed by atoms with Crippen molar-refractivity contribution in [2.75, 3.05) is 5.32 Å². The molecule has 0 radical (unpaired) electrons. The fourth-order valence-corrected chi connectivity index (χ4v) is 1.68. The van der Waals surface area contributed by atoms with Crippen LogP contribution in [0.25, 0.3) is 0 Å².